The Hall–Kier alpha value is -3.30. The first kappa shape index (κ1) is 32.2. The highest BCUT2D eigenvalue weighted by atomic mass is 19.1. The van der Waals surface area contributed by atoms with E-state index in [1.165, 1.54) is 6.07 Å². The van der Waals surface area contributed by atoms with Crippen molar-refractivity contribution in [2.45, 2.75) is 71.2 Å². The average Bonchev–Trinajstić information content (AvgIpc) is 2.93. The van der Waals surface area contributed by atoms with Crippen LogP contribution in [0.15, 0.2) is 48.5 Å². The highest BCUT2D eigenvalue weighted by molar-refractivity contribution is 5.71. The Balaban J connectivity index is 1.55. The second kappa shape index (κ2) is 16.2. The molecule has 1 atom stereocenters. The fourth-order valence-corrected chi connectivity index (χ4v) is 4.47. The largest absolute Gasteiger partial charge is 0.485 e. The lowest BCUT2D eigenvalue weighted by Gasteiger charge is -2.29. The molecule has 0 heterocycles. The SMILES string of the molecule is CC(C)(C)OC(=O)N(CCCCOCC=O)CCOC1CC=C(c2cc(F)cc(F)c2OCc2ccccc2)CC1. The Morgan fingerprint density at radius 3 is 2.54 bits per heavy atom. The number of halogens is 2. The summed E-state index contributed by atoms with van der Waals surface area (Å²) in [5.41, 5.74) is 1.51. The van der Waals surface area contributed by atoms with Gasteiger partial charge in [-0.1, -0.05) is 36.4 Å². The summed E-state index contributed by atoms with van der Waals surface area (Å²) < 4.78 is 51.5. The van der Waals surface area contributed by atoms with Crippen molar-refractivity contribution in [2.75, 3.05) is 32.9 Å². The van der Waals surface area contributed by atoms with E-state index in [4.69, 9.17) is 18.9 Å². The number of amides is 1. The first-order chi connectivity index (χ1) is 19.7. The van der Waals surface area contributed by atoms with Crippen LogP contribution in [0.2, 0.25) is 0 Å². The van der Waals surface area contributed by atoms with Crippen LogP contribution in [0.4, 0.5) is 13.6 Å². The van der Waals surface area contributed by atoms with Crippen LogP contribution in [0.5, 0.6) is 5.75 Å². The number of rotatable bonds is 15. The van der Waals surface area contributed by atoms with E-state index in [0.717, 1.165) is 17.2 Å². The Morgan fingerprint density at radius 1 is 1.07 bits per heavy atom. The lowest BCUT2D eigenvalue weighted by molar-refractivity contribution is -0.111. The summed E-state index contributed by atoms with van der Waals surface area (Å²) in [6.45, 7) is 7.33. The second-order valence-electron chi connectivity index (χ2n) is 11.0. The first-order valence-electron chi connectivity index (χ1n) is 14.1. The molecule has 0 saturated heterocycles. The van der Waals surface area contributed by atoms with E-state index in [2.05, 4.69) is 0 Å². The standard InChI is InChI=1S/C32H41F2NO6/c1-32(2,3)41-31(37)35(15-7-8-18-38-20-17-36)16-19-39-27-13-11-25(12-14-27)28-21-26(33)22-29(34)30(28)40-23-24-9-5-4-6-10-24/h4-6,9-11,17,21-22,27H,7-8,12-16,18-20,23H2,1-3H3. The Labute approximate surface area is 241 Å². The normalized spacial score (nSPS) is 15.2. The van der Waals surface area contributed by atoms with Gasteiger partial charge in [0.15, 0.2) is 11.6 Å². The van der Waals surface area contributed by atoms with Crippen LogP contribution >= 0.6 is 0 Å². The van der Waals surface area contributed by atoms with Gasteiger partial charge in [0, 0.05) is 31.3 Å². The maximum Gasteiger partial charge on any atom is 0.410 e. The van der Waals surface area contributed by atoms with Crippen LogP contribution in [0.3, 0.4) is 0 Å². The minimum Gasteiger partial charge on any atom is -0.485 e. The molecule has 2 aromatic rings. The molecule has 1 amide bonds. The summed E-state index contributed by atoms with van der Waals surface area (Å²) in [6, 6.07) is 11.6. The summed E-state index contributed by atoms with van der Waals surface area (Å²) in [6.07, 6.45) is 5.40. The summed E-state index contributed by atoms with van der Waals surface area (Å²) in [5.74, 6) is -1.33. The van der Waals surface area contributed by atoms with Crippen LogP contribution in [0.25, 0.3) is 5.57 Å². The van der Waals surface area contributed by atoms with Crippen molar-refractivity contribution >= 4 is 18.0 Å². The number of unbranched alkanes of at least 4 members (excludes halogenated alkanes) is 1. The smallest absolute Gasteiger partial charge is 0.410 e. The van der Waals surface area contributed by atoms with Crippen LogP contribution in [-0.2, 0) is 25.6 Å². The van der Waals surface area contributed by atoms with Gasteiger partial charge in [0.1, 0.15) is 30.9 Å². The molecule has 0 aromatic heterocycles. The van der Waals surface area contributed by atoms with E-state index >= 15 is 0 Å². The third kappa shape index (κ3) is 11.2. The van der Waals surface area contributed by atoms with E-state index in [0.29, 0.717) is 70.3 Å². The van der Waals surface area contributed by atoms with Gasteiger partial charge in [-0.15, -0.1) is 0 Å². The van der Waals surface area contributed by atoms with Gasteiger partial charge in [0.25, 0.3) is 0 Å². The average molecular weight is 574 g/mol. The van der Waals surface area contributed by atoms with E-state index in [-0.39, 0.29) is 25.1 Å². The monoisotopic (exact) mass is 573 g/mol. The number of carbonyl (C=O) groups is 2. The number of nitrogens with zero attached hydrogens (tertiary/aromatic N) is 1. The molecule has 2 aromatic carbocycles. The maximum atomic E-state index is 14.7. The van der Waals surface area contributed by atoms with Gasteiger partial charge in [-0.25, -0.2) is 13.6 Å². The predicted molar refractivity (Wildman–Crippen MR) is 153 cm³/mol. The van der Waals surface area contributed by atoms with Gasteiger partial charge in [-0.2, -0.15) is 0 Å². The number of hydrogen-bond donors (Lipinski definition) is 0. The number of aldehydes is 1. The topological polar surface area (TPSA) is 74.3 Å². The Kier molecular flexibility index (Phi) is 12.7. The zero-order chi connectivity index (χ0) is 29.7. The molecule has 1 unspecified atom stereocenters. The van der Waals surface area contributed by atoms with Crippen molar-refractivity contribution in [3.63, 3.8) is 0 Å². The van der Waals surface area contributed by atoms with Gasteiger partial charge in [0.2, 0.25) is 0 Å². The molecule has 3 rings (SSSR count). The molecule has 9 heteroatoms. The second-order valence-corrected chi connectivity index (χ2v) is 11.0. The first-order valence-corrected chi connectivity index (χ1v) is 14.1. The van der Waals surface area contributed by atoms with Crippen molar-refractivity contribution in [3.8, 4) is 5.75 Å². The quantitative estimate of drug-likeness (QED) is 0.174. The molecule has 7 nitrogen and oxygen atoms in total. The molecule has 0 radical (unpaired) electrons. The molecule has 0 bridgehead atoms. The number of allylic oxidation sites excluding steroid dienone is 1. The molecular weight excluding hydrogens is 532 g/mol. The molecule has 0 aliphatic heterocycles. The summed E-state index contributed by atoms with van der Waals surface area (Å²) >= 11 is 0. The van der Waals surface area contributed by atoms with Crippen molar-refractivity contribution in [1.29, 1.82) is 0 Å². The van der Waals surface area contributed by atoms with Gasteiger partial charge >= 0.3 is 6.09 Å². The molecule has 1 aliphatic carbocycles. The van der Waals surface area contributed by atoms with Gasteiger partial charge < -0.3 is 28.6 Å². The highest BCUT2D eigenvalue weighted by Crippen LogP contribution is 2.36. The van der Waals surface area contributed by atoms with Crippen LogP contribution in [0, 0.1) is 11.6 Å². The van der Waals surface area contributed by atoms with Crippen LogP contribution in [0.1, 0.15) is 64.0 Å². The molecule has 0 fully saturated rings. The predicted octanol–water partition coefficient (Wildman–Crippen LogP) is 6.73. The number of benzene rings is 2. The lowest BCUT2D eigenvalue weighted by Crippen LogP contribution is -2.39. The number of hydrogen-bond acceptors (Lipinski definition) is 6. The summed E-state index contributed by atoms with van der Waals surface area (Å²) in [5, 5.41) is 0. The van der Waals surface area contributed by atoms with Gasteiger partial charge in [-0.05, 0) is 70.1 Å². The van der Waals surface area contributed by atoms with E-state index in [1.54, 1.807) is 4.90 Å². The third-order valence-electron chi connectivity index (χ3n) is 6.46. The van der Waals surface area contributed by atoms with Crippen molar-refractivity contribution in [1.82, 2.24) is 4.90 Å². The van der Waals surface area contributed by atoms with Gasteiger partial charge in [0.05, 0.1) is 12.7 Å². The van der Waals surface area contributed by atoms with Crippen LogP contribution in [-0.4, -0.2) is 61.9 Å². The fourth-order valence-electron chi connectivity index (χ4n) is 4.47. The van der Waals surface area contributed by atoms with Crippen molar-refractivity contribution < 1.29 is 37.3 Å². The minimum atomic E-state index is -0.729. The lowest BCUT2D eigenvalue weighted by atomic mass is 9.91. The fraction of sp³-hybridized carbons (Fsp3) is 0.500. The minimum absolute atomic E-state index is 0.0467. The van der Waals surface area contributed by atoms with E-state index in [9.17, 15) is 18.4 Å². The summed E-state index contributed by atoms with van der Waals surface area (Å²) in [4.78, 5) is 24.7. The molecule has 0 spiro atoms. The molecular formula is C32H41F2NO6. The number of carbonyl (C=O) groups excluding carboxylic acids is 2. The van der Waals surface area contributed by atoms with Crippen molar-refractivity contribution in [2.24, 2.45) is 0 Å². The van der Waals surface area contributed by atoms with Gasteiger partial charge in [-0.3, -0.25) is 0 Å². The van der Waals surface area contributed by atoms with Crippen LogP contribution < -0.4 is 4.74 Å². The zero-order valence-corrected chi connectivity index (χ0v) is 24.2. The zero-order valence-electron chi connectivity index (χ0n) is 24.2. The third-order valence-corrected chi connectivity index (χ3v) is 6.46. The highest BCUT2D eigenvalue weighted by Gasteiger charge is 2.24. The van der Waals surface area contributed by atoms with E-state index < -0.39 is 23.3 Å². The molecule has 41 heavy (non-hydrogen) atoms. The van der Waals surface area contributed by atoms with Crippen molar-refractivity contribution in [3.05, 3.63) is 71.3 Å². The summed E-state index contributed by atoms with van der Waals surface area (Å²) in [7, 11) is 0. The number of ether oxygens (including phenoxy) is 4. The Morgan fingerprint density at radius 2 is 1.85 bits per heavy atom. The Bertz CT molecular complexity index is 1150. The maximum absolute atomic E-state index is 14.7. The molecule has 0 N–H and O–H groups in total. The van der Waals surface area contributed by atoms with E-state index in [1.807, 2.05) is 57.2 Å². The molecule has 1 aliphatic rings. The molecule has 224 valence electrons. The molecule has 0 saturated carbocycles.